The van der Waals surface area contributed by atoms with Crippen molar-refractivity contribution in [1.29, 1.82) is 0 Å². The summed E-state index contributed by atoms with van der Waals surface area (Å²) in [6, 6.07) is 21.4. The number of hydrogen-bond acceptors (Lipinski definition) is 5. The number of rotatable bonds is 8. The second-order valence-electron chi connectivity index (χ2n) is 6.55. The van der Waals surface area contributed by atoms with Crippen LogP contribution >= 0.6 is 23.4 Å². The quantitative estimate of drug-likeness (QED) is 0.308. The van der Waals surface area contributed by atoms with E-state index in [1.54, 1.807) is 43.5 Å². The highest BCUT2D eigenvalue weighted by molar-refractivity contribution is 7.98. The lowest BCUT2D eigenvalue weighted by Crippen LogP contribution is -2.07. The Morgan fingerprint density at radius 2 is 1.65 bits per heavy atom. The number of nitrogens with zero attached hydrogens (tertiary/aromatic N) is 3. The normalized spacial score (nSPS) is 10.8. The maximum Gasteiger partial charge on any atom is 0.196 e. The molecule has 3 aromatic carbocycles. The molecule has 0 fully saturated rings. The van der Waals surface area contributed by atoms with Gasteiger partial charge in [-0.25, -0.2) is 4.39 Å². The second-order valence-corrected chi connectivity index (χ2v) is 7.93. The molecule has 1 aromatic heterocycles. The first-order valence-corrected chi connectivity index (χ1v) is 10.8. The van der Waals surface area contributed by atoms with Crippen molar-refractivity contribution in [3.63, 3.8) is 0 Å². The van der Waals surface area contributed by atoms with Crippen LogP contribution in [0.25, 0.3) is 5.69 Å². The molecular formula is C23H19ClFN3O2S. The summed E-state index contributed by atoms with van der Waals surface area (Å²) in [5, 5.41) is 9.93. The zero-order valence-corrected chi connectivity index (χ0v) is 18.2. The number of aromatic nitrogens is 3. The van der Waals surface area contributed by atoms with Crippen molar-refractivity contribution >= 4 is 23.4 Å². The van der Waals surface area contributed by atoms with Crippen LogP contribution in [0, 0.1) is 5.82 Å². The van der Waals surface area contributed by atoms with Gasteiger partial charge in [-0.3, -0.25) is 4.57 Å². The molecule has 0 amide bonds. The van der Waals surface area contributed by atoms with Crippen LogP contribution in [0.2, 0.25) is 5.02 Å². The van der Waals surface area contributed by atoms with E-state index in [9.17, 15) is 4.39 Å². The van der Waals surface area contributed by atoms with E-state index in [-0.39, 0.29) is 12.4 Å². The summed E-state index contributed by atoms with van der Waals surface area (Å²) < 4.78 is 27.1. The van der Waals surface area contributed by atoms with Gasteiger partial charge >= 0.3 is 0 Å². The molecule has 0 aliphatic rings. The SMILES string of the molecule is COc1ccc(-n2c(COc3ccc(Cl)cc3)nnc2SCc2ccccc2F)cc1. The number of methoxy groups -OCH3 is 1. The topological polar surface area (TPSA) is 49.2 Å². The third-order valence-corrected chi connectivity index (χ3v) is 5.76. The van der Waals surface area contributed by atoms with Gasteiger partial charge in [0.15, 0.2) is 11.0 Å². The van der Waals surface area contributed by atoms with Crippen molar-refractivity contribution in [1.82, 2.24) is 14.8 Å². The van der Waals surface area contributed by atoms with Crippen LogP contribution in [0.1, 0.15) is 11.4 Å². The first-order valence-electron chi connectivity index (χ1n) is 9.47. The molecule has 31 heavy (non-hydrogen) atoms. The van der Waals surface area contributed by atoms with Crippen LogP contribution in [0.4, 0.5) is 4.39 Å². The van der Waals surface area contributed by atoms with Crippen molar-refractivity contribution in [2.45, 2.75) is 17.5 Å². The molecule has 0 atom stereocenters. The molecule has 0 bridgehead atoms. The van der Waals surface area contributed by atoms with Gasteiger partial charge in [-0.1, -0.05) is 41.6 Å². The van der Waals surface area contributed by atoms with Gasteiger partial charge in [-0.2, -0.15) is 0 Å². The average molecular weight is 456 g/mol. The fourth-order valence-electron chi connectivity index (χ4n) is 2.91. The Morgan fingerprint density at radius 3 is 2.35 bits per heavy atom. The van der Waals surface area contributed by atoms with Gasteiger partial charge in [0.05, 0.1) is 7.11 Å². The van der Waals surface area contributed by atoms with Gasteiger partial charge in [0.1, 0.15) is 23.9 Å². The van der Waals surface area contributed by atoms with E-state index in [0.29, 0.717) is 33.1 Å². The van der Waals surface area contributed by atoms with Gasteiger partial charge < -0.3 is 9.47 Å². The van der Waals surface area contributed by atoms with Crippen molar-refractivity contribution in [2.24, 2.45) is 0 Å². The summed E-state index contributed by atoms with van der Waals surface area (Å²) in [5.41, 5.74) is 1.47. The fraction of sp³-hybridized carbons (Fsp3) is 0.130. The van der Waals surface area contributed by atoms with Crippen molar-refractivity contribution in [3.8, 4) is 17.2 Å². The molecule has 1 heterocycles. The summed E-state index contributed by atoms with van der Waals surface area (Å²) in [7, 11) is 1.62. The van der Waals surface area contributed by atoms with Gasteiger partial charge in [0, 0.05) is 16.5 Å². The number of thioether (sulfide) groups is 1. The average Bonchev–Trinajstić information content (AvgIpc) is 3.21. The third-order valence-electron chi connectivity index (χ3n) is 4.53. The molecule has 0 aliphatic carbocycles. The molecule has 0 aliphatic heterocycles. The van der Waals surface area contributed by atoms with E-state index >= 15 is 0 Å². The van der Waals surface area contributed by atoms with Gasteiger partial charge in [-0.05, 0) is 60.2 Å². The molecule has 5 nitrogen and oxygen atoms in total. The molecule has 0 saturated heterocycles. The Balaban J connectivity index is 1.60. The molecule has 0 spiro atoms. The van der Waals surface area contributed by atoms with Crippen molar-refractivity contribution in [2.75, 3.05) is 7.11 Å². The molecular weight excluding hydrogens is 437 g/mol. The smallest absolute Gasteiger partial charge is 0.196 e. The Kier molecular flexibility index (Phi) is 6.74. The van der Waals surface area contributed by atoms with E-state index in [0.717, 1.165) is 11.4 Å². The van der Waals surface area contributed by atoms with E-state index < -0.39 is 0 Å². The Bertz CT molecular complexity index is 1150. The summed E-state index contributed by atoms with van der Waals surface area (Å²) in [5.74, 6) is 2.23. The third kappa shape index (κ3) is 5.18. The number of benzene rings is 3. The molecule has 0 saturated carbocycles. The van der Waals surface area contributed by atoms with E-state index in [4.69, 9.17) is 21.1 Å². The van der Waals surface area contributed by atoms with Gasteiger partial charge in [0.25, 0.3) is 0 Å². The summed E-state index contributed by atoms with van der Waals surface area (Å²) in [6.07, 6.45) is 0. The summed E-state index contributed by atoms with van der Waals surface area (Å²) >= 11 is 7.35. The lowest BCUT2D eigenvalue weighted by Gasteiger charge is -2.12. The lowest BCUT2D eigenvalue weighted by molar-refractivity contribution is 0.293. The lowest BCUT2D eigenvalue weighted by atomic mass is 10.2. The zero-order chi connectivity index (χ0) is 21.6. The fourth-order valence-corrected chi connectivity index (χ4v) is 4.00. The van der Waals surface area contributed by atoms with Crippen LogP contribution in [0.5, 0.6) is 11.5 Å². The summed E-state index contributed by atoms with van der Waals surface area (Å²) in [6.45, 7) is 0.209. The number of ether oxygens (including phenoxy) is 2. The molecule has 0 N–H and O–H groups in total. The van der Waals surface area contributed by atoms with Crippen LogP contribution in [-0.4, -0.2) is 21.9 Å². The first-order chi connectivity index (χ1) is 15.1. The zero-order valence-electron chi connectivity index (χ0n) is 16.7. The van der Waals surface area contributed by atoms with Gasteiger partial charge in [-0.15, -0.1) is 10.2 Å². The number of halogens is 2. The Hall–Kier alpha value is -3.03. The largest absolute Gasteiger partial charge is 0.497 e. The minimum atomic E-state index is -0.239. The minimum absolute atomic E-state index is 0.209. The molecule has 4 aromatic rings. The van der Waals surface area contributed by atoms with Crippen LogP contribution < -0.4 is 9.47 Å². The number of hydrogen-bond donors (Lipinski definition) is 0. The van der Waals surface area contributed by atoms with Crippen molar-refractivity contribution in [3.05, 3.63) is 95.0 Å². The second kappa shape index (κ2) is 9.85. The first kappa shape index (κ1) is 21.2. The standard InChI is InChI=1S/C23H19ClFN3O2S/c1-29-19-12-8-18(9-13-19)28-22(14-30-20-10-6-17(24)7-11-20)26-27-23(28)31-15-16-4-2-3-5-21(16)25/h2-13H,14-15H2,1H3. The van der Waals surface area contributed by atoms with E-state index in [1.165, 1.54) is 17.8 Å². The summed E-state index contributed by atoms with van der Waals surface area (Å²) in [4.78, 5) is 0. The van der Waals surface area contributed by atoms with Crippen LogP contribution in [0.15, 0.2) is 78.0 Å². The minimum Gasteiger partial charge on any atom is -0.497 e. The highest BCUT2D eigenvalue weighted by Crippen LogP contribution is 2.28. The predicted molar refractivity (Wildman–Crippen MR) is 120 cm³/mol. The predicted octanol–water partition coefficient (Wildman–Crippen LogP) is 5.94. The van der Waals surface area contributed by atoms with E-state index in [2.05, 4.69) is 10.2 Å². The molecule has 0 unspecified atom stereocenters. The molecule has 8 heteroatoms. The molecule has 158 valence electrons. The highest BCUT2D eigenvalue weighted by Gasteiger charge is 2.16. The van der Waals surface area contributed by atoms with Gasteiger partial charge in [0.2, 0.25) is 0 Å². The maximum atomic E-state index is 14.0. The maximum absolute atomic E-state index is 14.0. The Labute approximate surface area is 188 Å². The monoisotopic (exact) mass is 455 g/mol. The van der Waals surface area contributed by atoms with Crippen molar-refractivity contribution < 1.29 is 13.9 Å². The highest BCUT2D eigenvalue weighted by atomic mass is 35.5. The van der Waals surface area contributed by atoms with Crippen LogP contribution in [0.3, 0.4) is 0 Å². The molecule has 0 radical (unpaired) electrons. The Morgan fingerprint density at radius 1 is 0.935 bits per heavy atom. The van der Waals surface area contributed by atoms with E-state index in [1.807, 2.05) is 34.9 Å². The van der Waals surface area contributed by atoms with Crippen LogP contribution in [-0.2, 0) is 12.4 Å². The molecule has 4 rings (SSSR count).